The van der Waals surface area contributed by atoms with Crippen molar-refractivity contribution in [1.29, 1.82) is 0 Å². The molecule has 46 heavy (non-hydrogen) atoms. The van der Waals surface area contributed by atoms with Crippen molar-refractivity contribution in [3.05, 3.63) is 0 Å². The van der Waals surface area contributed by atoms with Gasteiger partial charge in [0.2, 0.25) is 0 Å². The molecule has 272 valence electrons. The van der Waals surface area contributed by atoms with E-state index in [1.807, 2.05) is 0 Å². The third-order valence-corrected chi connectivity index (χ3v) is 18.7. The van der Waals surface area contributed by atoms with Crippen molar-refractivity contribution in [2.75, 3.05) is 25.5 Å². The Labute approximate surface area is 292 Å². The molecule has 0 aromatic rings. The van der Waals surface area contributed by atoms with Crippen LogP contribution in [0.25, 0.3) is 0 Å². The molecule has 6 atom stereocenters. The molecule has 0 aromatic heterocycles. The molecule has 0 radical (unpaired) electrons. The molecule has 0 aliphatic heterocycles. The van der Waals surface area contributed by atoms with Gasteiger partial charge in [-0.25, -0.2) is 9.59 Å². The number of carbonyl (C=O) groups excluding carboxylic acids is 4. The van der Waals surface area contributed by atoms with Crippen LogP contribution in [-0.4, -0.2) is 72.4 Å². The zero-order chi connectivity index (χ0) is 33.9. The Kier molecular flexibility index (Phi) is 34.5. The molecular weight excluding hydrogens is 730 g/mol. The average Bonchev–Trinajstić information content (AvgIpc) is 3.81. The predicted molar refractivity (Wildman–Crippen MR) is 204 cm³/mol. The van der Waals surface area contributed by atoms with Crippen LogP contribution >= 0.6 is 60.9 Å². The lowest BCUT2D eigenvalue weighted by atomic mass is 10.3. The molecule has 3 saturated carbocycles. The van der Waals surface area contributed by atoms with Crippen molar-refractivity contribution in [3.63, 3.8) is 0 Å². The third-order valence-electron chi connectivity index (χ3n) is 6.72. The first-order valence-corrected chi connectivity index (χ1v) is 26.4. The lowest BCUT2D eigenvalue weighted by Gasteiger charge is -2.18. The van der Waals surface area contributed by atoms with E-state index in [1.165, 1.54) is 12.8 Å². The second kappa shape index (κ2) is 32.7. The maximum atomic E-state index is 11.7. The topological polar surface area (TPSA) is 163 Å². The van der Waals surface area contributed by atoms with Crippen molar-refractivity contribution >= 4 is 84.4 Å². The molecule has 6 unspecified atom stereocenters. The lowest BCUT2D eigenvalue weighted by Crippen LogP contribution is -2.24. The summed E-state index contributed by atoms with van der Waals surface area (Å²) in [5.74, 6) is -0.335. The van der Waals surface area contributed by atoms with Crippen LogP contribution < -0.4 is 10.6 Å². The van der Waals surface area contributed by atoms with E-state index in [2.05, 4.69) is 22.9 Å². The highest BCUT2D eigenvalue weighted by Gasteiger charge is 2.21. The highest BCUT2D eigenvalue weighted by molar-refractivity contribution is 8.44. The normalized spacial score (nSPS) is 17.8. The fraction of sp³-hybridized carbons (Fsp3) is 0.857. The van der Waals surface area contributed by atoms with Crippen molar-refractivity contribution in [2.24, 2.45) is 5.50 Å². The summed E-state index contributed by atoms with van der Waals surface area (Å²) < 4.78 is 19.7. The Morgan fingerprint density at radius 3 is 1.61 bits per heavy atom. The Morgan fingerprint density at radius 2 is 1.24 bits per heavy atom. The molecule has 0 aromatic carbocycles. The van der Waals surface area contributed by atoms with Gasteiger partial charge < -0.3 is 29.6 Å². The van der Waals surface area contributed by atoms with Crippen LogP contribution in [-0.2, 0) is 28.5 Å². The van der Waals surface area contributed by atoms with Crippen molar-refractivity contribution in [3.8, 4) is 0 Å². The highest BCUT2D eigenvalue weighted by atomic mass is 35.5. The third kappa shape index (κ3) is 29.4. The molecule has 3 aliphatic rings. The summed E-state index contributed by atoms with van der Waals surface area (Å²) in [5.41, 5.74) is 5.00. The first kappa shape index (κ1) is 48.6. The summed E-state index contributed by atoms with van der Waals surface area (Å²) in [6, 6.07) is 0. The first-order valence-electron chi connectivity index (χ1n) is 15.6. The largest absolute Gasteiger partial charge is 0.466 e. The molecule has 0 spiro atoms. The van der Waals surface area contributed by atoms with Crippen molar-refractivity contribution < 1.29 is 43.2 Å². The fourth-order valence-electron chi connectivity index (χ4n) is 4.43. The molecular formula is C28H59ClN2O9P6. The van der Waals surface area contributed by atoms with Gasteiger partial charge in [0, 0.05) is 25.5 Å². The van der Waals surface area contributed by atoms with Gasteiger partial charge in [-0.15, -0.1) is 17.9 Å². The number of esters is 2. The molecule has 3 rings (SSSR count). The van der Waals surface area contributed by atoms with Gasteiger partial charge in [0.1, 0.15) is 12.2 Å². The van der Waals surface area contributed by atoms with Gasteiger partial charge in [-0.05, 0) is 92.0 Å². The van der Waals surface area contributed by atoms with Crippen molar-refractivity contribution in [1.82, 2.24) is 5.09 Å². The number of nitrogens with two attached hydrogens (primary N) is 1. The molecule has 0 bridgehead atoms. The van der Waals surface area contributed by atoms with Gasteiger partial charge in [-0.1, -0.05) is 36.2 Å². The number of amides is 1. The van der Waals surface area contributed by atoms with E-state index >= 15 is 0 Å². The minimum atomic E-state index is -0.696. The maximum Gasteiger partial charge on any atom is 0.410 e. The molecule has 18 heteroatoms. The Bertz CT molecular complexity index is 807. The van der Waals surface area contributed by atoms with Crippen LogP contribution in [0.1, 0.15) is 111 Å². The Hall–Kier alpha value is 0.470. The summed E-state index contributed by atoms with van der Waals surface area (Å²) in [6.07, 6.45) is 15.2. The zero-order valence-corrected chi connectivity index (χ0v) is 33.5. The summed E-state index contributed by atoms with van der Waals surface area (Å²) in [4.78, 5) is 43.9. The smallest absolute Gasteiger partial charge is 0.410 e. The van der Waals surface area contributed by atoms with Gasteiger partial charge in [0.15, 0.2) is 0 Å². The molecule has 11 nitrogen and oxygen atoms in total. The van der Waals surface area contributed by atoms with E-state index in [0.29, 0.717) is 48.1 Å². The fourth-order valence-corrected chi connectivity index (χ4v) is 10.9. The quantitative estimate of drug-likeness (QED) is 0.0711. The standard InChI is InChI=1S/C11H22NO4P3.C6H9ClO2.C5H14NO2P3.C5H10O.CH4/c1-2-15-10(13)7-8-19(18-17)12-11(14)16-9-5-3-4-6-9;7-6(8)9-5-3-1-2-4-5;1-2-8-5(7)3-4-11(6)10-9;6-5-3-1-2-4-5;/h9,18H,2-8,17H2,1H3,(H,12,14);5H,1-4H2;10H,2-4,6,9H2,1H3;5-6H,1-4H2;1H4. The SMILES string of the molecule is C.CCOC(=O)CCP(N)PP.CCOC(=O)CCP(NC(=O)OC1CCCC1)PP.O=C(Cl)OC1CCCC1.OC1CCCC1. The van der Waals surface area contributed by atoms with E-state index < -0.39 is 21.0 Å². The maximum absolute atomic E-state index is 11.7. The van der Waals surface area contributed by atoms with Crippen LogP contribution in [0.4, 0.5) is 9.59 Å². The van der Waals surface area contributed by atoms with Crippen LogP contribution in [0.2, 0.25) is 0 Å². The van der Waals surface area contributed by atoms with Crippen LogP contribution in [0, 0.1) is 0 Å². The average molecular weight is 789 g/mol. The molecule has 0 saturated heterocycles. The number of halogens is 1. The number of hydrogen-bond acceptors (Lipinski definition) is 10. The number of ether oxygens (including phenoxy) is 4. The number of rotatable bonds is 13. The number of carbonyl (C=O) groups is 4. The second-order valence-electron chi connectivity index (χ2n) is 10.3. The predicted octanol–water partition coefficient (Wildman–Crippen LogP) is 8.93. The number of nitrogens with one attached hydrogen (secondary N) is 1. The number of aliphatic hydroxyl groups excluding tert-OH is 1. The van der Waals surface area contributed by atoms with Gasteiger partial charge in [-0.2, -0.15) is 0 Å². The van der Waals surface area contributed by atoms with Crippen LogP contribution in [0.15, 0.2) is 0 Å². The molecule has 0 heterocycles. The van der Waals surface area contributed by atoms with Crippen LogP contribution in [0.3, 0.4) is 0 Å². The summed E-state index contributed by atoms with van der Waals surface area (Å²) >= 11 is 5.00. The van der Waals surface area contributed by atoms with Crippen molar-refractivity contribution in [2.45, 2.75) is 129 Å². The van der Waals surface area contributed by atoms with E-state index in [0.717, 1.165) is 70.4 Å². The lowest BCUT2D eigenvalue weighted by molar-refractivity contribution is -0.143. The van der Waals surface area contributed by atoms with Gasteiger partial charge >= 0.3 is 23.5 Å². The highest BCUT2D eigenvalue weighted by Crippen LogP contribution is 2.57. The van der Waals surface area contributed by atoms with Gasteiger partial charge in [-0.3, -0.25) is 14.7 Å². The molecule has 3 fully saturated rings. The molecule has 1 amide bonds. The molecule has 4 N–H and O–H groups in total. The summed E-state index contributed by atoms with van der Waals surface area (Å²) in [5, 5.41) is 11.6. The van der Waals surface area contributed by atoms with E-state index in [4.69, 9.17) is 41.2 Å². The zero-order valence-electron chi connectivity index (χ0n) is 26.7. The first-order chi connectivity index (χ1) is 21.5. The summed E-state index contributed by atoms with van der Waals surface area (Å²) in [6.45, 7) is 4.46. The number of aliphatic hydroxyl groups is 1. The van der Waals surface area contributed by atoms with E-state index in [1.54, 1.807) is 13.8 Å². The Morgan fingerprint density at radius 1 is 0.804 bits per heavy atom. The monoisotopic (exact) mass is 788 g/mol. The van der Waals surface area contributed by atoms with E-state index in [9.17, 15) is 19.2 Å². The molecule has 3 aliphatic carbocycles. The van der Waals surface area contributed by atoms with Gasteiger partial charge in [0.25, 0.3) is 0 Å². The minimum Gasteiger partial charge on any atom is -0.466 e. The van der Waals surface area contributed by atoms with E-state index in [-0.39, 0.29) is 43.8 Å². The van der Waals surface area contributed by atoms with Crippen LogP contribution in [0.5, 0.6) is 0 Å². The number of hydrogen-bond donors (Lipinski definition) is 3. The summed E-state index contributed by atoms with van der Waals surface area (Å²) in [7, 11) is 5.32. The second-order valence-corrected chi connectivity index (χ2v) is 23.6. The minimum absolute atomic E-state index is 0. The Balaban J connectivity index is 0. The van der Waals surface area contributed by atoms with Gasteiger partial charge in [0.05, 0.1) is 32.2 Å².